The molecule has 0 radical (unpaired) electrons. The number of fused-ring (bicyclic) bond motifs is 1. The molecule has 0 atom stereocenters. The number of aromatic nitrogens is 2. The first-order chi connectivity index (χ1) is 14.0. The Kier molecular flexibility index (Phi) is 6.01. The normalized spacial score (nSPS) is 10.6. The number of imidazole rings is 1. The Morgan fingerprint density at radius 1 is 1.10 bits per heavy atom. The Balaban J connectivity index is 2.00. The number of nitrogens with one attached hydrogen (secondary N) is 1. The molecule has 1 N–H and O–H groups in total. The van der Waals surface area contributed by atoms with Crippen molar-refractivity contribution >= 4 is 23.0 Å². The molecular weight excluding hydrogens is 372 g/mol. The second-order valence-electron chi connectivity index (χ2n) is 6.24. The summed E-state index contributed by atoms with van der Waals surface area (Å²) in [5.74, 6) is 0.615. The van der Waals surface area contributed by atoms with Crippen molar-refractivity contribution in [1.82, 2.24) is 14.3 Å². The number of anilines is 1. The second kappa shape index (κ2) is 8.64. The number of ether oxygens (including phenoxy) is 2. The highest BCUT2D eigenvalue weighted by Crippen LogP contribution is 2.29. The predicted molar refractivity (Wildman–Crippen MR) is 110 cm³/mol. The van der Waals surface area contributed by atoms with Crippen LogP contribution in [0, 0.1) is 0 Å². The molecule has 0 aliphatic carbocycles. The maximum atomic E-state index is 13.0. The highest BCUT2D eigenvalue weighted by molar-refractivity contribution is 6.09. The summed E-state index contributed by atoms with van der Waals surface area (Å²) in [7, 11) is 3.07. The number of hydrogen-bond donors (Lipinski definition) is 1. The fourth-order valence-corrected chi connectivity index (χ4v) is 3.09. The first-order valence-corrected chi connectivity index (χ1v) is 9.33. The molecule has 2 amide bonds. The molecule has 2 heterocycles. The van der Waals surface area contributed by atoms with Crippen LogP contribution < -0.4 is 14.8 Å². The summed E-state index contributed by atoms with van der Waals surface area (Å²) >= 11 is 0. The third-order valence-electron chi connectivity index (χ3n) is 4.66. The molecule has 0 saturated carbocycles. The number of amides is 2. The summed E-state index contributed by atoms with van der Waals surface area (Å²) < 4.78 is 12.2. The van der Waals surface area contributed by atoms with Crippen molar-refractivity contribution in [2.75, 3.05) is 32.6 Å². The third kappa shape index (κ3) is 3.87. The largest absolute Gasteiger partial charge is 0.497 e. The highest BCUT2D eigenvalue weighted by atomic mass is 16.5. The van der Waals surface area contributed by atoms with E-state index in [9.17, 15) is 9.59 Å². The van der Waals surface area contributed by atoms with E-state index in [-0.39, 0.29) is 17.4 Å². The standard InChI is InChI=1S/C21H24N4O4/c1-5-24(6-2)21(27)19-23-18(16-9-7-8-12-25(16)19)20(26)22-15-11-10-14(28-3)13-17(15)29-4/h7-13H,5-6H2,1-4H3,(H,22,26). The number of benzene rings is 1. The number of hydrogen-bond acceptors (Lipinski definition) is 5. The minimum atomic E-state index is -0.434. The average molecular weight is 396 g/mol. The van der Waals surface area contributed by atoms with Crippen molar-refractivity contribution in [3.05, 3.63) is 54.1 Å². The number of carbonyl (C=O) groups excluding carboxylic acids is 2. The molecule has 8 heteroatoms. The van der Waals surface area contributed by atoms with E-state index in [1.165, 1.54) is 7.11 Å². The van der Waals surface area contributed by atoms with E-state index in [4.69, 9.17) is 9.47 Å². The fourth-order valence-electron chi connectivity index (χ4n) is 3.09. The molecule has 3 aromatic rings. The zero-order valence-electron chi connectivity index (χ0n) is 16.9. The topological polar surface area (TPSA) is 85.2 Å². The smallest absolute Gasteiger partial charge is 0.290 e. The first-order valence-electron chi connectivity index (χ1n) is 9.33. The van der Waals surface area contributed by atoms with Gasteiger partial charge in [0.25, 0.3) is 11.8 Å². The van der Waals surface area contributed by atoms with Crippen LogP contribution in [0.4, 0.5) is 5.69 Å². The summed E-state index contributed by atoms with van der Waals surface area (Å²) in [5, 5.41) is 2.81. The van der Waals surface area contributed by atoms with Crippen LogP contribution in [0.5, 0.6) is 11.5 Å². The Morgan fingerprint density at radius 3 is 2.52 bits per heavy atom. The average Bonchev–Trinajstić information content (AvgIpc) is 3.14. The number of carbonyl (C=O) groups is 2. The van der Waals surface area contributed by atoms with Crippen LogP contribution in [0.2, 0.25) is 0 Å². The van der Waals surface area contributed by atoms with Gasteiger partial charge in [-0.1, -0.05) is 6.07 Å². The van der Waals surface area contributed by atoms with Crippen LogP contribution in [-0.4, -0.2) is 53.4 Å². The molecule has 0 aliphatic rings. The summed E-state index contributed by atoms with van der Waals surface area (Å²) in [6, 6.07) is 10.4. The lowest BCUT2D eigenvalue weighted by Gasteiger charge is -2.17. The first kappa shape index (κ1) is 20.2. The number of nitrogens with zero attached hydrogens (tertiary/aromatic N) is 3. The molecule has 3 rings (SSSR count). The van der Waals surface area contributed by atoms with Crippen molar-refractivity contribution < 1.29 is 19.1 Å². The number of methoxy groups -OCH3 is 2. The number of pyridine rings is 1. The molecular formula is C21H24N4O4. The van der Waals surface area contributed by atoms with Gasteiger partial charge in [-0.2, -0.15) is 0 Å². The molecule has 0 unspecified atom stereocenters. The summed E-state index contributed by atoms with van der Waals surface area (Å²) in [6.45, 7) is 4.92. The molecule has 0 saturated heterocycles. The molecule has 0 fully saturated rings. The van der Waals surface area contributed by atoms with Gasteiger partial charge in [0, 0.05) is 25.4 Å². The minimum Gasteiger partial charge on any atom is -0.497 e. The van der Waals surface area contributed by atoms with Gasteiger partial charge in [-0.05, 0) is 38.1 Å². The van der Waals surface area contributed by atoms with Gasteiger partial charge in [-0.3, -0.25) is 14.0 Å². The van der Waals surface area contributed by atoms with Crippen LogP contribution >= 0.6 is 0 Å². The third-order valence-corrected chi connectivity index (χ3v) is 4.66. The Hall–Kier alpha value is -3.55. The maximum absolute atomic E-state index is 13.0. The van der Waals surface area contributed by atoms with Gasteiger partial charge in [0.15, 0.2) is 5.69 Å². The SMILES string of the molecule is CCN(CC)C(=O)c1nc(C(=O)Nc2ccc(OC)cc2OC)c2ccccn12. The fraction of sp³-hybridized carbons (Fsp3) is 0.286. The Labute approximate surface area is 169 Å². The van der Waals surface area contributed by atoms with Crippen molar-refractivity contribution in [2.24, 2.45) is 0 Å². The van der Waals surface area contributed by atoms with Crippen molar-refractivity contribution in [1.29, 1.82) is 0 Å². The lowest BCUT2D eigenvalue weighted by atomic mass is 10.2. The Morgan fingerprint density at radius 2 is 1.86 bits per heavy atom. The summed E-state index contributed by atoms with van der Waals surface area (Å²) in [4.78, 5) is 31.9. The van der Waals surface area contributed by atoms with Crippen LogP contribution in [-0.2, 0) is 0 Å². The van der Waals surface area contributed by atoms with Gasteiger partial charge in [-0.25, -0.2) is 4.98 Å². The van der Waals surface area contributed by atoms with Crippen LogP contribution in [0.25, 0.3) is 5.52 Å². The van der Waals surface area contributed by atoms with E-state index in [1.807, 2.05) is 13.8 Å². The lowest BCUT2D eigenvalue weighted by Crippen LogP contribution is -2.32. The maximum Gasteiger partial charge on any atom is 0.290 e. The molecule has 0 spiro atoms. The van der Waals surface area contributed by atoms with Crippen LogP contribution in [0.15, 0.2) is 42.6 Å². The van der Waals surface area contributed by atoms with E-state index in [2.05, 4.69) is 10.3 Å². The summed E-state index contributed by atoms with van der Waals surface area (Å²) in [5.41, 5.74) is 1.19. The van der Waals surface area contributed by atoms with Gasteiger partial charge < -0.3 is 19.7 Å². The number of rotatable bonds is 7. The lowest BCUT2D eigenvalue weighted by molar-refractivity contribution is 0.0760. The van der Waals surface area contributed by atoms with Crippen molar-refractivity contribution in [3.8, 4) is 11.5 Å². The zero-order valence-corrected chi connectivity index (χ0v) is 16.9. The van der Waals surface area contributed by atoms with Gasteiger partial charge in [0.1, 0.15) is 11.5 Å². The monoisotopic (exact) mass is 396 g/mol. The predicted octanol–water partition coefficient (Wildman–Crippen LogP) is 3.09. The van der Waals surface area contributed by atoms with Crippen LogP contribution in [0.3, 0.4) is 0 Å². The second-order valence-corrected chi connectivity index (χ2v) is 6.24. The molecule has 152 valence electrons. The molecule has 2 aromatic heterocycles. The molecule has 1 aromatic carbocycles. The van der Waals surface area contributed by atoms with E-state index in [0.29, 0.717) is 35.8 Å². The van der Waals surface area contributed by atoms with Gasteiger partial charge in [0.2, 0.25) is 5.82 Å². The quantitative estimate of drug-likeness (QED) is 0.663. The van der Waals surface area contributed by atoms with Gasteiger partial charge in [-0.15, -0.1) is 0 Å². The molecule has 29 heavy (non-hydrogen) atoms. The van der Waals surface area contributed by atoms with Crippen molar-refractivity contribution in [2.45, 2.75) is 13.8 Å². The Bertz CT molecular complexity index is 1040. The van der Waals surface area contributed by atoms with Crippen LogP contribution in [0.1, 0.15) is 35.0 Å². The molecule has 0 aliphatic heterocycles. The minimum absolute atomic E-state index is 0.166. The van der Waals surface area contributed by atoms with Crippen molar-refractivity contribution in [3.63, 3.8) is 0 Å². The van der Waals surface area contributed by atoms with Gasteiger partial charge in [0.05, 0.1) is 25.4 Å². The van der Waals surface area contributed by atoms with Gasteiger partial charge >= 0.3 is 0 Å². The van der Waals surface area contributed by atoms with E-state index in [1.54, 1.807) is 59.0 Å². The van der Waals surface area contributed by atoms with E-state index >= 15 is 0 Å². The van der Waals surface area contributed by atoms with E-state index in [0.717, 1.165) is 0 Å². The van der Waals surface area contributed by atoms with E-state index < -0.39 is 5.91 Å². The zero-order chi connectivity index (χ0) is 21.0. The highest BCUT2D eigenvalue weighted by Gasteiger charge is 2.24. The summed E-state index contributed by atoms with van der Waals surface area (Å²) in [6.07, 6.45) is 1.73. The molecule has 0 bridgehead atoms. The molecule has 8 nitrogen and oxygen atoms in total.